The van der Waals surface area contributed by atoms with Gasteiger partial charge in [0.1, 0.15) is 0 Å². The molecule has 0 atom stereocenters. The molecule has 0 saturated heterocycles. The van der Waals surface area contributed by atoms with Crippen LogP contribution in [0.4, 0.5) is 0 Å². The summed E-state index contributed by atoms with van der Waals surface area (Å²) in [4.78, 5) is 0. The van der Waals surface area contributed by atoms with Crippen LogP contribution < -0.4 is 13.2 Å². The molecule has 0 saturated carbocycles. The van der Waals surface area contributed by atoms with Crippen molar-refractivity contribution in [1.82, 2.24) is 0 Å². The monoisotopic (exact) mass is 448 g/mol. The second-order valence-corrected chi connectivity index (χ2v) is 15.7. The number of allylic oxidation sites excluding steroid dienone is 2. The third kappa shape index (κ3) is 3.60. The molecule has 0 heterocycles. The van der Waals surface area contributed by atoms with E-state index < -0.39 is 13.3 Å². The van der Waals surface area contributed by atoms with Gasteiger partial charge in [-0.3, -0.25) is 0 Å². The quantitative estimate of drug-likeness (QED) is 0.279. The first-order valence-corrected chi connectivity index (χ1v) is 14.5. The minimum absolute atomic E-state index is 1.03. The zero-order chi connectivity index (χ0) is 21.0. The molecule has 0 aromatic heterocycles. The van der Waals surface area contributed by atoms with Gasteiger partial charge in [0, 0.05) is 0 Å². The van der Waals surface area contributed by atoms with E-state index in [-0.39, 0.29) is 0 Å². The predicted octanol–water partition coefficient (Wildman–Crippen LogP) is 5.27. The first kappa shape index (κ1) is 20.2. The summed E-state index contributed by atoms with van der Waals surface area (Å²) in [5.41, 5.74) is 3.43. The van der Waals surface area contributed by atoms with Crippen LogP contribution in [0.1, 0.15) is 11.1 Å². The molecule has 0 spiro atoms. The molecule has 4 aromatic carbocycles. The Labute approximate surface area is 182 Å². The van der Waals surface area contributed by atoms with Crippen LogP contribution >= 0.6 is 0 Å². The van der Waals surface area contributed by atoms with E-state index in [1.165, 1.54) is 23.2 Å². The van der Waals surface area contributed by atoms with Gasteiger partial charge in [0.05, 0.1) is 0 Å². The van der Waals surface area contributed by atoms with Gasteiger partial charge in [-0.1, -0.05) is 0 Å². The van der Waals surface area contributed by atoms with E-state index in [1.807, 2.05) is 0 Å². The zero-order valence-electron chi connectivity index (χ0n) is 17.4. The van der Waals surface area contributed by atoms with Crippen molar-refractivity contribution in [3.05, 3.63) is 144 Å². The Morgan fingerprint density at radius 1 is 0.533 bits per heavy atom. The molecule has 4 rings (SSSR count). The average molecular weight is 447 g/mol. The molecule has 0 nitrogen and oxygen atoms in total. The van der Waals surface area contributed by atoms with Gasteiger partial charge >= 0.3 is 183 Å². The summed E-state index contributed by atoms with van der Waals surface area (Å²) in [5, 5.41) is 0. The molecule has 0 aliphatic heterocycles. The fraction of sp³-hybridized carbons (Fsp3) is 0.0345. The van der Waals surface area contributed by atoms with Gasteiger partial charge in [0.2, 0.25) is 0 Å². The number of rotatable bonds is 6. The topological polar surface area (TPSA) is 0 Å². The minimum atomic E-state index is -3.30. The molecule has 0 aliphatic carbocycles. The standard InChI is InChI=1S/C29H26Ge/c1-23-19-21-26(22-20-23)24(2)25(3)30(27-13-7-4-8-14-27,28-15-9-5-10-16-28)29-17-11-6-12-18-29/h4-22H,2-3H2,1H3. The van der Waals surface area contributed by atoms with E-state index in [4.69, 9.17) is 6.58 Å². The van der Waals surface area contributed by atoms with Crippen LogP contribution in [0.5, 0.6) is 0 Å². The molecule has 30 heavy (non-hydrogen) atoms. The average Bonchev–Trinajstić information content (AvgIpc) is 2.82. The molecule has 0 bridgehead atoms. The van der Waals surface area contributed by atoms with Crippen molar-refractivity contribution in [2.75, 3.05) is 0 Å². The first-order valence-electron chi connectivity index (χ1n) is 10.3. The molecule has 0 fully saturated rings. The molecule has 1 heteroatoms. The van der Waals surface area contributed by atoms with E-state index in [0.29, 0.717) is 0 Å². The first-order chi connectivity index (χ1) is 14.6. The van der Waals surface area contributed by atoms with Crippen molar-refractivity contribution in [1.29, 1.82) is 0 Å². The third-order valence-electron chi connectivity index (χ3n) is 5.84. The van der Waals surface area contributed by atoms with Gasteiger partial charge in [-0.05, 0) is 0 Å². The summed E-state index contributed by atoms with van der Waals surface area (Å²) in [7, 11) is 0. The van der Waals surface area contributed by atoms with Crippen LogP contribution in [0, 0.1) is 6.92 Å². The Morgan fingerprint density at radius 2 is 0.900 bits per heavy atom. The van der Waals surface area contributed by atoms with E-state index in [2.05, 4.69) is 129 Å². The Bertz CT molecular complexity index is 1040. The van der Waals surface area contributed by atoms with Crippen molar-refractivity contribution >= 4 is 32.0 Å². The Balaban J connectivity index is 2.01. The van der Waals surface area contributed by atoms with Crippen molar-refractivity contribution in [3.8, 4) is 0 Å². The summed E-state index contributed by atoms with van der Waals surface area (Å²) in [6, 6.07) is 41.4. The van der Waals surface area contributed by atoms with E-state index in [9.17, 15) is 0 Å². The summed E-state index contributed by atoms with van der Waals surface area (Å²) in [6.07, 6.45) is 0. The normalized spacial score (nSPS) is 11.1. The van der Waals surface area contributed by atoms with Crippen molar-refractivity contribution in [2.45, 2.75) is 6.92 Å². The van der Waals surface area contributed by atoms with Crippen molar-refractivity contribution in [2.24, 2.45) is 0 Å². The fourth-order valence-corrected chi connectivity index (χ4v) is 14.1. The molecule has 0 N–H and O–H groups in total. The number of hydrogen-bond donors (Lipinski definition) is 0. The van der Waals surface area contributed by atoms with Gasteiger partial charge in [-0.15, -0.1) is 0 Å². The van der Waals surface area contributed by atoms with Crippen molar-refractivity contribution in [3.63, 3.8) is 0 Å². The van der Waals surface area contributed by atoms with Crippen LogP contribution in [0.15, 0.2) is 133 Å². The van der Waals surface area contributed by atoms with Crippen LogP contribution in [-0.4, -0.2) is 13.3 Å². The summed E-state index contributed by atoms with van der Waals surface area (Å²) < 4.78 is 5.27. The molecule has 0 aliphatic rings. The van der Waals surface area contributed by atoms with Gasteiger partial charge < -0.3 is 0 Å². The molecular weight excluding hydrogens is 421 g/mol. The van der Waals surface area contributed by atoms with Crippen LogP contribution in [0.2, 0.25) is 0 Å². The van der Waals surface area contributed by atoms with E-state index in [1.54, 1.807) is 0 Å². The van der Waals surface area contributed by atoms with E-state index in [0.717, 1.165) is 11.1 Å². The van der Waals surface area contributed by atoms with Crippen LogP contribution in [-0.2, 0) is 0 Å². The molecule has 0 unspecified atom stereocenters. The maximum atomic E-state index is 4.74. The molecule has 0 radical (unpaired) electrons. The van der Waals surface area contributed by atoms with Gasteiger partial charge in [0.15, 0.2) is 0 Å². The second kappa shape index (κ2) is 8.73. The Hall–Kier alpha value is -3.10. The zero-order valence-corrected chi connectivity index (χ0v) is 19.5. The predicted molar refractivity (Wildman–Crippen MR) is 133 cm³/mol. The van der Waals surface area contributed by atoms with Gasteiger partial charge in [-0.25, -0.2) is 0 Å². The summed E-state index contributed by atoms with van der Waals surface area (Å²) in [5.74, 6) is 0. The van der Waals surface area contributed by atoms with Crippen LogP contribution in [0.25, 0.3) is 5.57 Å². The summed E-state index contributed by atoms with van der Waals surface area (Å²) in [6.45, 7) is 11.4. The number of hydrogen-bond acceptors (Lipinski definition) is 0. The van der Waals surface area contributed by atoms with Crippen LogP contribution in [0.3, 0.4) is 0 Å². The fourth-order valence-electron chi connectivity index (χ4n) is 4.24. The Morgan fingerprint density at radius 3 is 1.27 bits per heavy atom. The maximum absolute atomic E-state index is 4.74. The molecule has 4 aromatic rings. The third-order valence-corrected chi connectivity index (χ3v) is 15.9. The molecule has 0 amide bonds. The molecular formula is C29H26Ge. The van der Waals surface area contributed by atoms with Gasteiger partial charge in [0.25, 0.3) is 0 Å². The van der Waals surface area contributed by atoms with E-state index >= 15 is 0 Å². The SMILES string of the molecule is C=C([C](=C)[Ge]([c]1ccccc1)([c]1ccccc1)[c]1ccccc1)c1ccc(C)cc1. The number of aryl methyl sites for hydroxylation is 1. The molecule has 146 valence electrons. The van der Waals surface area contributed by atoms with Gasteiger partial charge in [-0.2, -0.15) is 0 Å². The second-order valence-electron chi connectivity index (χ2n) is 7.67. The Kier molecular flexibility index (Phi) is 5.87. The summed E-state index contributed by atoms with van der Waals surface area (Å²) >= 11 is -3.30. The number of benzene rings is 4. The van der Waals surface area contributed by atoms with Crippen molar-refractivity contribution < 1.29 is 0 Å².